The molecule has 1 saturated heterocycles. The van der Waals surface area contributed by atoms with Crippen molar-refractivity contribution in [3.8, 4) is 0 Å². The SMILES string of the molecule is CC[C@H](C)N(C(=O)CSc1cc(C)c2cccc(C)c2n1)[C@H]1CCS(=O)(=O)C1. The van der Waals surface area contributed by atoms with Gasteiger partial charge in [0.15, 0.2) is 9.84 Å². The predicted octanol–water partition coefficient (Wildman–Crippen LogP) is 3.76. The summed E-state index contributed by atoms with van der Waals surface area (Å²) in [5.74, 6) is 0.520. The average Bonchev–Trinajstić information content (AvgIpc) is 3.00. The molecule has 1 aliphatic heterocycles. The summed E-state index contributed by atoms with van der Waals surface area (Å²) in [7, 11) is -3.03. The van der Waals surface area contributed by atoms with Crippen LogP contribution in [0.4, 0.5) is 0 Å². The number of pyridine rings is 1. The second kappa shape index (κ2) is 8.41. The molecule has 0 saturated carbocycles. The van der Waals surface area contributed by atoms with Gasteiger partial charge in [-0.3, -0.25) is 4.79 Å². The number of aryl methyl sites for hydroxylation is 2. The third-order valence-corrected chi connectivity index (χ3v) is 8.17. The smallest absolute Gasteiger partial charge is 0.233 e. The zero-order valence-electron chi connectivity index (χ0n) is 16.9. The van der Waals surface area contributed by atoms with Crippen LogP contribution in [-0.4, -0.2) is 53.6 Å². The lowest BCUT2D eigenvalue weighted by Crippen LogP contribution is -2.47. The maximum atomic E-state index is 13.0. The molecule has 152 valence electrons. The number of benzene rings is 1. The van der Waals surface area contributed by atoms with Crippen LogP contribution in [0.15, 0.2) is 29.3 Å². The van der Waals surface area contributed by atoms with Crippen LogP contribution in [0.1, 0.15) is 37.8 Å². The van der Waals surface area contributed by atoms with Crippen molar-refractivity contribution in [1.82, 2.24) is 9.88 Å². The van der Waals surface area contributed by atoms with E-state index in [4.69, 9.17) is 4.98 Å². The van der Waals surface area contributed by atoms with Crippen LogP contribution in [0.3, 0.4) is 0 Å². The number of fused-ring (bicyclic) bond motifs is 1. The Labute approximate surface area is 171 Å². The number of thioether (sulfide) groups is 1. The number of aromatic nitrogens is 1. The van der Waals surface area contributed by atoms with E-state index >= 15 is 0 Å². The highest BCUT2D eigenvalue weighted by atomic mass is 32.2. The van der Waals surface area contributed by atoms with Crippen molar-refractivity contribution in [3.05, 3.63) is 35.4 Å². The van der Waals surface area contributed by atoms with E-state index in [2.05, 4.69) is 13.0 Å². The van der Waals surface area contributed by atoms with Crippen molar-refractivity contribution in [2.24, 2.45) is 0 Å². The monoisotopic (exact) mass is 420 g/mol. The topological polar surface area (TPSA) is 67.3 Å². The molecule has 1 fully saturated rings. The first-order valence-electron chi connectivity index (χ1n) is 9.73. The van der Waals surface area contributed by atoms with Gasteiger partial charge in [0.2, 0.25) is 5.91 Å². The van der Waals surface area contributed by atoms with Crippen molar-refractivity contribution in [2.75, 3.05) is 17.3 Å². The number of amides is 1. The Bertz CT molecular complexity index is 989. The molecule has 1 amide bonds. The fraction of sp³-hybridized carbons (Fsp3) is 0.524. The molecule has 28 heavy (non-hydrogen) atoms. The van der Waals surface area contributed by atoms with E-state index in [0.29, 0.717) is 6.42 Å². The van der Waals surface area contributed by atoms with E-state index < -0.39 is 9.84 Å². The summed E-state index contributed by atoms with van der Waals surface area (Å²) in [6.45, 7) is 8.12. The molecule has 2 atom stereocenters. The van der Waals surface area contributed by atoms with Crippen LogP contribution >= 0.6 is 11.8 Å². The Kier molecular flexibility index (Phi) is 6.34. The van der Waals surface area contributed by atoms with Crippen LogP contribution in [0.5, 0.6) is 0 Å². The average molecular weight is 421 g/mol. The van der Waals surface area contributed by atoms with E-state index in [-0.39, 0.29) is 35.2 Å². The highest BCUT2D eigenvalue weighted by molar-refractivity contribution is 7.99. The van der Waals surface area contributed by atoms with Gasteiger partial charge < -0.3 is 4.90 Å². The van der Waals surface area contributed by atoms with Gasteiger partial charge in [-0.05, 0) is 50.8 Å². The minimum absolute atomic E-state index is 0.00853. The molecule has 2 heterocycles. The van der Waals surface area contributed by atoms with E-state index in [1.165, 1.54) is 11.8 Å². The van der Waals surface area contributed by atoms with E-state index in [1.54, 1.807) is 4.90 Å². The molecule has 1 aliphatic rings. The molecule has 3 rings (SSSR count). The highest BCUT2D eigenvalue weighted by Crippen LogP contribution is 2.27. The summed E-state index contributed by atoms with van der Waals surface area (Å²) in [5.41, 5.74) is 3.23. The van der Waals surface area contributed by atoms with Gasteiger partial charge in [0.1, 0.15) is 0 Å². The van der Waals surface area contributed by atoms with Gasteiger partial charge in [0, 0.05) is 17.5 Å². The molecule has 5 nitrogen and oxygen atoms in total. The highest BCUT2D eigenvalue weighted by Gasteiger charge is 2.36. The standard InChI is InChI=1S/C21H28N2O3S2/c1-5-16(4)23(17-9-10-28(25,26)13-17)20(24)12-27-19-11-15(3)18-8-6-7-14(2)21(18)22-19/h6-8,11,16-17H,5,9-10,12-13H2,1-4H3/t16-,17-/m0/s1. The van der Waals surface area contributed by atoms with Crippen molar-refractivity contribution in [2.45, 2.75) is 57.6 Å². The molecule has 0 bridgehead atoms. The van der Waals surface area contributed by atoms with Gasteiger partial charge >= 0.3 is 0 Å². The predicted molar refractivity (Wildman–Crippen MR) is 116 cm³/mol. The summed E-state index contributed by atoms with van der Waals surface area (Å²) >= 11 is 1.43. The lowest BCUT2D eigenvalue weighted by atomic mass is 10.1. The first-order chi connectivity index (χ1) is 13.2. The normalized spacial score (nSPS) is 19.6. The van der Waals surface area contributed by atoms with Gasteiger partial charge in [-0.25, -0.2) is 13.4 Å². The fourth-order valence-electron chi connectivity index (χ4n) is 3.82. The molecule has 0 N–H and O–H groups in total. The summed E-state index contributed by atoms with van der Waals surface area (Å²) in [6.07, 6.45) is 1.34. The largest absolute Gasteiger partial charge is 0.335 e. The van der Waals surface area contributed by atoms with Gasteiger partial charge in [0.25, 0.3) is 0 Å². The molecule has 0 radical (unpaired) electrons. The number of para-hydroxylation sites is 1. The van der Waals surface area contributed by atoms with Crippen LogP contribution in [0.25, 0.3) is 10.9 Å². The minimum atomic E-state index is -3.03. The Morgan fingerprint density at radius 2 is 2.07 bits per heavy atom. The summed E-state index contributed by atoms with van der Waals surface area (Å²) in [4.78, 5) is 19.6. The maximum Gasteiger partial charge on any atom is 0.233 e. The number of hydrogen-bond acceptors (Lipinski definition) is 5. The van der Waals surface area contributed by atoms with Gasteiger partial charge in [-0.2, -0.15) is 0 Å². The maximum absolute atomic E-state index is 13.0. The van der Waals surface area contributed by atoms with Crippen LogP contribution in [0.2, 0.25) is 0 Å². The van der Waals surface area contributed by atoms with Gasteiger partial charge in [0.05, 0.1) is 27.8 Å². The number of sulfone groups is 1. The Balaban J connectivity index is 1.77. The number of carbonyl (C=O) groups excluding carboxylic acids is 1. The number of carbonyl (C=O) groups is 1. The van der Waals surface area contributed by atoms with E-state index in [9.17, 15) is 13.2 Å². The van der Waals surface area contributed by atoms with Crippen molar-refractivity contribution >= 4 is 38.4 Å². The first-order valence-corrected chi connectivity index (χ1v) is 12.5. The molecule has 2 aromatic rings. The second-order valence-electron chi connectivity index (χ2n) is 7.65. The summed E-state index contributed by atoms with van der Waals surface area (Å²) in [6, 6.07) is 7.98. The van der Waals surface area contributed by atoms with Crippen LogP contribution < -0.4 is 0 Å². The van der Waals surface area contributed by atoms with E-state index in [1.807, 2.05) is 39.0 Å². The number of nitrogens with zero attached hydrogens (tertiary/aromatic N) is 2. The quantitative estimate of drug-likeness (QED) is 0.666. The van der Waals surface area contributed by atoms with Crippen LogP contribution in [-0.2, 0) is 14.6 Å². The van der Waals surface area contributed by atoms with Crippen molar-refractivity contribution < 1.29 is 13.2 Å². The molecule has 1 aromatic heterocycles. The lowest BCUT2D eigenvalue weighted by Gasteiger charge is -2.33. The van der Waals surface area contributed by atoms with Crippen molar-refractivity contribution in [3.63, 3.8) is 0 Å². The Hall–Kier alpha value is -1.60. The van der Waals surface area contributed by atoms with Gasteiger partial charge in [-0.15, -0.1) is 0 Å². The molecule has 7 heteroatoms. The van der Waals surface area contributed by atoms with E-state index in [0.717, 1.165) is 33.5 Å². The number of hydrogen-bond donors (Lipinski definition) is 0. The summed E-state index contributed by atoms with van der Waals surface area (Å²) in [5, 5.41) is 1.96. The number of rotatable bonds is 6. The van der Waals surface area contributed by atoms with Crippen LogP contribution in [0, 0.1) is 13.8 Å². The zero-order chi connectivity index (χ0) is 20.5. The lowest BCUT2D eigenvalue weighted by molar-refractivity contribution is -0.132. The molecule has 1 aromatic carbocycles. The minimum Gasteiger partial charge on any atom is -0.335 e. The molecule has 0 unspecified atom stereocenters. The molecular weight excluding hydrogens is 392 g/mol. The third kappa shape index (κ3) is 4.51. The molecule has 0 spiro atoms. The second-order valence-corrected chi connectivity index (χ2v) is 10.9. The molecule has 0 aliphatic carbocycles. The molecular formula is C21H28N2O3S2. The first kappa shape index (κ1) is 21.1. The summed E-state index contributed by atoms with van der Waals surface area (Å²) < 4.78 is 23.8. The van der Waals surface area contributed by atoms with Crippen molar-refractivity contribution in [1.29, 1.82) is 0 Å². The third-order valence-electron chi connectivity index (χ3n) is 5.52. The Morgan fingerprint density at radius 1 is 1.32 bits per heavy atom. The van der Waals surface area contributed by atoms with Gasteiger partial charge in [-0.1, -0.05) is 36.9 Å². The fourth-order valence-corrected chi connectivity index (χ4v) is 6.36. The Morgan fingerprint density at radius 3 is 2.71 bits per heavy atom. The zero-order valence-corrected chi connectivity index (χ0v) is 18.6.